The molecule has 0 aliphatic carbocycles. The van der Waals surface area contributed by atoms with Crippen LogP contribution in [0, 0.1) is 18.3 Å². The van der Waals surface area contributed by atoms with Crippen molar-refractivity contribution in [3.8, 4) is 11.8 Å². The highest BCUT2D eigenvalue weighted by molar-refractivity contribution is 5.86. The molecule has 1 heterocycles. The van der Waals surface area contributed by atoms with Crippen LogP contribution in [0.1, 0.15) is 16.7 Å². The minimum Gasteiger partial charge on any atom is -0.490 e. The van der Waals surface area contributed by atoms with E-state index in [0.29, 0.717) is 11.3 Å². The van der Waals surface area contributed by atoms with Crippen LogP contribution < -0.4 is 4.74 Å². The lowest BCUT2D eigenvalue weighted by Crippen LogP contribution is -2.13. The molecule has 0 aliphatic heterocycles. The second-order valence-corrected chi connectivity index (χ2v) is 5.64. The molecule has 0 radical (unpaired) electrons. The molecule has 1 aromatic heterocycles. The summed E-state index contributed by atoms with van der Waals surface area (Å²) < 4.78 is 16.1. The van der Waals surface area contributed by atoms with E-state index in [-0.39, 0.29) is 25.6 Å². The summed E-state index contributed by atoms with van der Waals surface area (Å²) in [6.07, 6.45) is 1.76. The van der Waals surface area contributed by atoms with Gasteiger partial charge < -0.3 is 13.9 Å². The third kappa shape index (κ3) is 4.18. The quantitative estimate of drug-likeness (QED) is 0.506. The summed E-state index contributed by atoms with van der Waals surface area (Å²) in [6.45, 7) is 2.40. The van der Waals surface area contributed by atoms with Crippen molar-refractivity contribution in [2.24, 2.45) is 0 Å². The van der Waals surface area contributed by atoms with E-state index in [9.17, 15) is 4.79 Å². The van der Waals surface area contributed by atoms with Gasteiger partial charge >= 0.3 is 5.97 Å². The molecule has 2 aromatic carbocycles. The number of nitrogens with zero attached hydrogens (tertiary/aromatic N) is 1. The molecular weight excluding hydrogens is 318 g/mol. The molecule has 0 spiro atoms. The Bertz CT molecular complexity index is 919. The highest BCUT2D eigenvalue weighted by Gasteiger charge is 2.11. The normalized spacial score (nSPS) is 10.4. The zero-order valence-electron chi connectivity index (χ0n) is 13.8. The predicted octanol–water partition coefficient (Wildman–Crippen LogP) is 3.78. The maximum absolute atomic E-state index is 12.0. The lowest BCUT2D eigenvalue weighted by molar-refractivity contribution is -0.143. The van der Waals surface area contributed by atoms with Crippen LogP contribution in [0.2, 0.25) is 0 Å². The molecule has 0 saturated carbocycles. The summed E-state index contributed by atoms with van der Waals surface area (Å²) in [7, 11) is 0. The number of aryl methyl sites for hydroxylation is 1. The monoisotopic (exact) mass is 335 g/mol. The fraction of sp³-hybridized carbons (Fsp3) is 0.200. The molecule has 0 fully saturated rings. The van der Waals surface area contributed by atoms with Crippen molar-refractivity contribution >= 4 is 16.9 Å². The Morgan fingerprint density at radius 1 is 1.16 bits per heavy atom. The van der Waals surface area contributed by atoms with Gasteiger partial charge in [0.05, 0.1) is 24.3 Å². The topological polar surface area (TPSA) is 72.5 Å². The first-order valence-electron chi connectivity index (χ1n) is 7.91. The van der Waals surface area contributed by atoms with Crippen LogP contribution in [0.15, 0.2) is 53.1 Å². The van der Waals surface area contributed by atoms with Gasteiger partial charge in [-0.25, -0.2) is 0 Å². The minimum absolute atomic E-state index is 0.160. The second kappa shape index (κ2) is 7.54. The Hall–Kier alpha value is -3.26. The first-order valence-corrected chi connectivity index (χ1v) is 7.91. The molecule has 126 valence electrons. The molecule has 5 nitrogen and oxygen atoms in total. The summed E-state index contributed by atoms with van der Waals surface area (Å²) in [5.41, 5.74) is 3.26. The van der Waals surface area contributed by atoms with Crippen LogP contribution in [0.4, 0.5) is 0 Å². The molecule has 0 N–H and O–H groups in total. The Kier molecular flexibility index (Phi) is 5.00. The maximum atomic E-state index is 12.0. The van der Waals surface area contributed by atoms with Gasteiger partial charge in [0.2, 0.25) is 0 Å². The van der Waals surface area contributed by atoms with Crippen molar-refractivity contribution in [2.45, 2.75) is 13.3 Å². The predicted molar refractivity (Wildman–Crippen MR) is 92.3 cm³/mol. The Morgan fingerprint density at radius 2 is 1.96 bits per heavy atom. The number of benzene rings is 2. The number of hydrogen-bond acceptors (Lipinski definition) is 5. The van der Waals surface area contributed by atoms with E-state index in [2.05, 4.69) is 0 Å². The van der Waals surface area contributed by atoms with Crippen LogP contribution in [-0.2, 0) is 16.0 Å². The first kappa shape index (κ1) is 16.6. The summed E-state index contributed by atoms with van der Waals surface area (Å²) in [5.74, 6) is 0.304. The average molecular weight is 335 g/mol. The molecule has 25 heavy (non-hydrogen) atoms. The lowest BCUT2D eigenvalue weighted by atomic mass is 10.1. The summed E-state index contributed by atoms with van der Waals surface area (Å²) >= 11 is 0. The summed E-state index contributed by atoms with van der Waals surface area (Å²) in [4.78, 5) is 12.0. The van der Waals surface area contributed by atoms with E-state index < -0.39 is 0 Å². The number of fused-ring (bicyclic) bond motifs is 1. The molecule has 0 unspecified atom stereocenters. The average Bonchev–Trinajstić information content (AvgIpc) is 3.01. The van der Waals surface area contributed by atoms with Crippen molar-refractivity contribution in [3.05, 3.63) is 65.4 Å². The zero-order valence-corrected chi connectivity index (χ0v) is 13.8. The summed E-state index contributed by atoms with van der Waals surface area (Å²) in [5, 5.41) is 9.66. The van der Waals surface area contributed by atoms with Gasteiger partial charge in [0.1, 0.15) is 24.5 Å². The van der Waals surface area contributed by atoms with E-state index >= 15 is 0 Å². The Labute approximate surface area is 145 Å². The Morgan fingerprint density at radius 3 is 2.72 bits per heavy atom. The van der Waals surface area contributed by atoms with Crippen molar-refractivity contribution in [2.75, 3.05) is 13.2 Å². The second-order valence-electron chi connectivity index (χ2n) is 5.64. The van der Waals surface area contributed by atoms with Crippen LogP contribution in [0.5, 0.6) is 5.75 Å². The van der Waals surface area contributed by atoms with Crippen molar-refractivity contribution in [1.29, 1.82) is 5.26 Å². The number of rotatable bonds is 6. The number of furan rings is 1. The number of ether oxygens (including phenoxy) is 2. The molecule has 0 bridgehead atoms. The largest absolute Gasteiger partial charge is 0.490 e. The minimum atomic E-state index is -0.327. The van der Waals surface area contributed by atoms with Gasteiger partial charge in [-0.2, -0.15) is 5.26 Å². The number of carbonyl (C=O) groups excluding carboxylic acids is 1. The van der Waals surface area contributed by atoms with E-state index in [1.807, 2.05) is 31.2 Å². The SMILES string of the molecule is Cc1ccc2c(CC(=O)OCCOc3ccc(C#N)cc3)coc2c1. The third-order valence-corrected chi connectivity index (χ3v) is 3.74. The molecule has 0 atom stereocenters. The van der Waals surface area contributed by atoms with Crippen molar-refractivity contribution in [3.63, 3.8) is 0 Å². The first-order chi connectivity index (χ1) is 12.2. The third-order valence-electron chi connectivity index (χ3n) is 3.74. The van der Waals surface area contributed by atoms with Crippen LogP contribution in [0.3, 0.4) is 0 Å². The fourth-order valence-corrected chi connectivity index (χ4v) is 2.47. The maximum Gasteiger partial charge on any atom is 0.310 e. The number of esters is 1. The van der Waals surface area contributed by atoms with E-state index in [1.54, 1.807) is 30.5 Å². The van der Waals surface area contributed by atoms with Crippen LogP contribution in [0.25, 0.3) is 11.0 Å². The molecule has 3 rings (SSSR count). The van der Waals surface area contributed by atoms with Gasteiger partial charge in [0, 0.05) is 10.9 Å². The smallest absolute Gasteiger partial charge is 0.310 e. The van der Waals surface area contributed by atoms with E-state index in [4.69, 9.17) is 19.2 Å². The van der Waals surface area contributed by atoms with Crippen LogP contribution in [-0.4, -0.2) is 19.2 Å². The zero-order chi connectivity index (χ0) is 17.6. The van der Waals surface area contributed by atoms with E-state index in [1.165, 1.54) is 0 Å². The molecular formula is C20H17NO4. The van der Waals surface area contributed by atoms with Gasteiger partial charge in [0.25, 0.3) is 0 Å². The molecule has 3 aromatic rings. The van der Waals surface area contributed by atoms with Gasteiger partial charge in [-0.1, -0.05) is 12.1 Å². The number of hydrogen-bond donors (Lipinski definition) is 0. The summed E-state index contributed by atoms with van der Waals surface area (Å²) in [6, 6.07) is 14.7. The standard InChI is InChI=1S/C20H17NO4/c1-14-2-7-18-16(13-25-19(18)10-14)11-20(22)24-9-8-23-17-5-3-15(12-21)4-6-17/h2-7,10,13H,8-9,11H2,1H3. The highest BCUT2D eigenvalue weighted by Crippen LogP contribution is 2.22. The fourth-order valence-electron chi connectivity index (χ4n) is 2.47. The molecule has 0 saturated heterocycles. The number of nitriles is 1. The van der Waals surface area contributed by atoms with Crippen LogP contribution >= 0.6 is 0 Å². The van der Waals surface area contributed by atoms with Gasteiger partial charge in [-0.15, -0.1) is 0 Å². The number of carbonyl (C=O) groups is 1. The van der Waals surface area contributed by atoms with Crippen molar-refractivity contribution < 1.29 is 18.7 Å². The van der Waals surface area contributed by atoms with E-state index in [0.717, 1.165) is 22.1 Å². The van der Waals surface area contributed by atoms with Gasteiger partial charge in [0.15, 0.2) is 0 Å². The van der Waals surface area contributed by atoms with Gasteiger partial charge in [-0.05, 0) is 42.8 Å². The van der Waals surface area contributed by atoms with Crippen molar-refractivity contribution in [1.82, 2.24) is 0 Å². The highest BCUT2D eigenvalue weighted by atomic mass is 16.6. The molecule has 0 aliphatic rings. The van der Waals surface area contributed by atoms with Gasteiger partial charge in [-0.3, -0.25) is 4.79 Å². The molecule has 5 heteroatoms. The Balaban J connectivity index is 1.46. The molecule has 0 amide bonds. The lowest BCUT2D eigenvalue weighted by Gasteiger charge is -2.07.